The Morgan fingerprint density at radius 3 is 2.40 bits per heavy atom. The smallest absolute Gasteiger partial charge is 0.207 e. The van der Waals surface area contributed by atoms with Crippen molar-refractivity contribution in [1.29, 1.82) is 0 Å². The molecule has 1 fully saturated rings. The van der Waals surface area contributed by atoms with Crippen molar-refractivity contribution < 1.29 is 8.42 Å². The first-order chi connectivity index (χ1) is 9.46. The Balaban J connectivity index is 2.25. The normalized spacial score (nSPS) is 24.0. The van der Waals surface area contributed by atoms with Crippen LogP contribution < -0.4 is 0 Å². The van der Waals surface area contributed by atoms with Crippen molar-refractivity contribution in [3.05, 3.63) is 29.8 Å². The van der Waals surface area contributed by atoms with Crippen LogP contribution in [0.25, 0.3) is 0 Å². The fraction of sp³-hybridized carbons (Fsp3) is 0.600. The van der Waals surface area contributed by atoms with E-state index in [1.807, 2.05) is 6.07 Å². The van der Waals surface area contributed by atoms with E-state index < -0.39 is 10.0 Å². The highest BCUT2D eigenvalue weighted by atomic mass is 35.5. The van der Waals surface area contributed by atoms with E-state index in [2.05, 4.69) is 6.92 Å². The maximum Gasteiger partial charge on any atom is 0.243 e. The zero-order valence-electron chi connectivity index (χ0n) is 12.0. The van der Waals surface area contributed by atoms with Gasteiger partial charge in [-0.05, 0) is 43.2 Å². The first kappa shape index (κ1) is 15.8. The van der Waals surface area contributed by atoms with Crippen LogP contribution in [0, 0.1) is 5.92 Å². The van der Waals surface area contributed by atoms with E-state index in [0.29, 0.717) is 16.4 Å². The molecule has 0 N–H and O–H groups in total. The minimum absolute atomic E-state index is 0.111. The van der Waals surface area contributed by atoms with Gasteiger partial charge in [-0.25, -0.2) is 8.42 Å². The van der Waals surface area contributed by atoms with Gasteiger partial charge in [0, 0.05) is 19.0 Å². The number of nitrogens with zero attached hydrogens (tertiary/aromatic N) is 1. The molecular weight excluding hydrogens is 294 g/mol. The molecule has 0 heterocycles. The van der Waals surface area contributed by atoms with Gasteiger partial charge in [-0.2, -0.15) is 4.31 Å². The molecule has 0 aromatic heterocycles. The summed E-state index contributed by atoms with van der Waals surface area (Å²) in [6.07, 6.45) is 4.09. The molecule has 0 saturated heterocycles. The highest BCUT2D eigenvalue weighted by molar-refractivity contribution is 7.89. The molecule has 0 amide bonds. The summed E-state index contributed by atoms with van der Waals surface area (Å²) in [5.41, 5.74) is 0.671. The Morgan fingerprint density at radius 2 is 1.80 bits per heavy atom. The summed E-state index contributed by atoms with van der Waals surface area (Å²) in [7, 11) is -1.75. The number of rotatable bonds is 4. The van der Waals surface area contributed by atoms with Gasteiger partial charge in [-0.1, -0.05) is 25.1 Å². The van der Waals surface area contributed by atoms with Crippen LogP contribution in [0.5, 0.6) is 0 Å². The van der Waals surface area contributed by atoms with Crippen molar-refractivity contribution in [2.45, 2.75) is 49.4 Å². The molecule has 3 nitrogen and oxygen atoms in total. The summed E-state index contributed by atoms with van der Waals surface area (Å²) >= 11 is 5.86. The Bertz CT molecular complexity index is 551. The van der Waals surface area contributed by atoms with Gasteiger partial charge in [0.15, 0.2) is 0 Å². The molecule has 112 valence electrons. The molecule has 0 aliphatic heterocycles. The van der Waals surface area contributed by atoms with Crippen LogP contribution in [0.2, 0.25) is 0 Å². The fourth-order valence-corrected chi connectivity index (χ4v) is 4.77. The second kappa shape index (κ2) is 6.46. The molecule has 20 heavy (non-hydrogen) atoms. The zero-order valence-corrected chi connectivity index (χ0v) is 13.6. The van der Waals surface area contributed by atoms with Gasteiger partial charge in [0.2, 0.25) is 10.0 Å². The quantitative estimate of drug-likeness (QED) is 0.796. The van der Waals surface area contributed by atoms with Crippen LogP contribution >= 0.6 is 11.6 Å². The van der Waals surface area contributed by atoms with Crippen molar-refractivity contribution in [1.82, 2.24) is 4.31 Å². The van der Waals surface area contributed by atoms with Crippen molar-refractivity contribution in [2.24, 2.45) is 5.92 Å². The SMILES string of the molecule is CC1CCC(N(C)S(=O)(=O)c2ccccc2CCl)CC1. The molecule has 0 bridgehead atoms. The summed E-state index contributed by atoms with van der Waals surface area (Å²) in [6.45, 7) is 2.23. The van der Waals surface area contributed by atoms with E-state index in [1.54, 1.807) is 29.6 Å². The second-order valence-electron chi connectivity index (χ2n) is 5.68. The van der Waals surface area contributed by atoms with E-state index in [1.165, 1.54) is 0 Å². The lowest BCUT2D eigenvalue weighted by Crippen LogP contribution is -2.39. The van der Waals surface area contributed by atoms with Gasteiger partial charge >= 0.3 is 0 Å². The van der Waals surface area contributed by atoms with Gasteiger partial charge < -0.3 is 0 Å². The van der Waals surface area contributed by atoms with Crippen LogP contribution in [-0.4, -0.2) is 25.8 Å². The largest absolute Gasteiger partial charge is 0.243 e. The molecule has 5 heteroatoms. The summed E-state index contributed by atoms with van der Waals surface area (Å²) in [5.74, 6) is 0.919. The number of benzene rings is 1. The second-order valence-corrected chi connectivity index (χ2v) is 7.91. The summed E-state index contributed by atoms with van der Waals surface area (Å²) < 4.78 is 27.1. The first-order valence-electron chi connectivity index (χ1n) is 7.08. The number of alkyl halides is 1. The highest BCUT2D eigenvalue weighted by Crippen LogP contribution is 2.30. The summed E-state index contributed by atoms with van der Waals surface area (Å²) in [5, 5.41) is 0. The average molecular weight is 316 g/mol. The van der Waals surface area contributed by atoms with Gasteiger partial charge in [0.1, 0.15) is 0 Å². The van der Waals surface area contributed by atoms with E-state index in [9.17, 15) is 8.42 Å². The Kier molecular flexibility index (Phi) is 5.10. The third kappa shape index (κ3) is 3.18. The average Bonchev–Trinajstić information content (AvgIpc) is 2.47. The van der Waals surface area contributed by atoms with Crippen LogP contribution in [0.15, 0.2) is 29.2 Å². The monoisotopic (exact) mass is 315 g/mol. The van der Waals surface area contributed by atoms with Crippen molar-refractivity contribution in [3.8, 4) is 0 Å². The van der Waals surface area contributed by atoms with E-state index in [0.717, 1.165) is 25.7 Å². The van der Waals surface area contributed by atoms with Crippen LogP contribution in [0.1, 0.15) is 38.2 Å². The van der Waals surface area contributed by atoms with Crippen molar-refractivity contribution in [2.75, 3.05) is 7.05 Å². The predicted molar refractivity (Wildman–Crippen MR) is 82.4 cm³/mol. The number of hydrogen-bond acceptors (Lipinski definition) is 2. The van der Waals surface area contributed by atoms with Crippen LogP contribution in [-0.2, 0) is 15.9 Å². The maximum atomic E-state index is 12.8. The Morgan fingerprint density at radius 1 is 1.20 bits per heavy atom. The molecular formula is C15H22ClNO2S. The number of halogens is 1. The van der Waals surface area contributed by atoms with Crippen molar-refractivity contribution in [3.63, 3.8) is 0 Å². The number of sulfonamides is 1. The molecule has 1 aliphatic rings. The lowest BCUT2D eigenvalue weighted by atomic mass is 9.87. The third-order valence-corrected chi connectivity index (χ3v) is 6.57. The van der Waals surface area contributed by atoms with Gasteiger partial charge in [0.25, 0.3) is 0 Å². The third-order valence-electron chi connectivity index (χ3n) is 4.27. The van der Waals surface area contributed by atoms with E-state index in [-0.39, 0.29) is 11.9 Å². The molecule has 2 rings (SSSR count). The van der Waals surface area contributed by atoms with E-state index in [4.69, 9.17) is 11.6 Å². The fourth-order valence-electron chi connectivity index (χ4n) is 2.82. The maximum absolute atomic E-state index is 12.8. The lowest BCUT2D eigenvalue weighted by molar-refractivity contribution is 0.246. The lowest BCUT2D eigenvalue weighted by Gasteiger charge is -2.33. The topological polar surface area (TPSA) is 37.4 Å². The van der Waals surface area contributed by atoms with Crippen LogP contribution in [0.4, 0.5) is 0 Å². The molecule has 0 spiro atoms. The predicted octanol–water partition coefficient (Wildman–Crippen LogP) is 3.62. The molecule has 1 aromatic carbocycles. The first-order valence-corrected chi connectivity index (χ1v) is 9.06. The van der Waals surface area contributed by atoms with Crippen molar-refractivity contribution >= 4 is 21.6 Å². The standard InChI is InChI=1S/C15H22ClNO2S/c1-12-7-9-14(10-8-12)17(2)20(18,19)15-6-4-3-5-13(15)11-16/h3-6,12,14H,7-11H2,1-2H3. The molecule has 0 unspecified atom stereocenters. The summed E-state index contributed by atoms with van der Waals surface area (Å²) in [4.78, 5) is 0.344. The number of hydrogen-bond donors (Lipinski definition) is 0. The Hall–Kier alpha value is -0.580. The highest BCUT2D eigenvalue weighted by Gasteiger charge is 2.31. The molecule has 0 radical (unpaired) electrons. The molecule has 1 saturated carbocycles. The summed E-state index contributed by atoms with van der Waals surface area (Å²) in [6, 6.07) is 7.10. The van der Waals surface area contributed by atoms with Gasteiger partial charge in [-0.15, -0.1) is 11.6 Å². The van der Waals surface area contributed by atoms with E-state index >= 15 is 0 Å². The van der Waals surface area contributed by atoms with Gasteiger partial charge in [0.05, 0.1) is 4.90 Å². The minimum atomic E-state index is -3.45. The zero-order chi connectivity index (χ0) is 14.8. The molecule has 0 atom stereocenters. The molecule has 1 aliphatic carbocycles. The molecule has 1 aromatic rings. The van der Waals surface area contributed by atoms with Gasteiger partial charge in [-0.3, -0.25) is 0 Å². The minimum Gasteiger partial charge on any atom is -0.207 e. The van der Waals surface area contributed by atoms with Crippen LogP contribution in [0.3, 0.4) is 0 Å². The Labute approximate surface area is 127 Å².